The van der Waals surface area contributed by atoms with Crippen molar-refractivity contribution in [3.05, 3.63) is 76.9 Å². The van der Waals surface area contributed by atoms with Crippen molar-refractivity contribution < 1.29 is 23.5 Å². The smallest absolute Gasteiger partial charge is 0.215 e. The van der Waals surface area contributed by atoms with Crippen molar-refractivity contribution in [1.29, 1.82) is 0 Å². The number of halogens is 1. The molecule has 9 nitrogen and oxygen atoms in total. The van der Waals surface area contributed by atoms with E-state index in [4.69, 9.17) is 29.1 Å². The quantitative estimate of drug-likeness (QED) is 0.224. The highest BCUT2D eigenvalue weighted by atomic mass is 19.1. The Morgan fingerprint density at radius 1 is 1.00 bits per heavy atom. The van der Waals surface area contributed by atoms with Crippen LogP contribution in [0, 0.1) is 11.7 Å². The number of ether oxygens (including phenoxy) is 2. The van der Waals surface area contributed by atoms with Crippen molar-refractivity contribution in [1.82, 2.24) is 14.6 Å². The van der Waals surface area contributed by atoms with E-state index in [9.17, 15) is 4.39 Å². The molecule has 4 heterocycles. The van der Waals surface area contributed by atoms with Crippen LogP contribution in [0.4, 0.5) is 4.39 Å². The van der Waals surface area contributed by atoms with Crippen LogP contribution >= 0.6 is 0 Å². The fourth-order valence-electron chi connectivity index (χ4n) is 6.79. The minimum atomic E-state index is -0.237. The second kappa shape index (κ2) is 13.9. The zero-order valence-electron chi connectivity index (χ0n) is 26.2. The molecular weight excluding hydrogens is 585 g/mol. The van der Waals surface area contributed by atoms with Gasteiger partial charge < -0.3 is 20.9 Å². The fraction of sp³-hybridized carbons (Fsp3) is 0.444. The Bertz CT molecular complexity index is 1670. The molecule has 242 valence electrons. The van der Waals surface area contributed by atoms with Gasteiger partial charge in [0, 0.05) is 40.6 Å². The molecule has 10 heteroatoms. The van der Waals surface area contributed by atoms with Gasteiger partial charge in [-0.3, -0.25) is 9.59 Å². The van der Waals surface area contributed by atoms with E-state index in [0.717, 1.165) is 53.4 Å². The molecule has 8 rings (SSSR count). The number of nitrogens with zero attached hydrogens (tertiary/aromatic N) is 3. The number of amides is 2. The largest absolute Gasteiger partial charge is 0.490 e. The molecule has 0 bridgehead atoms. The molecule has 3 saturated carbocycles. The topological polar surface area (TPSA) is 135 Å². The predicted octanol–water partition coefficient (Wildman–Crippen LogP) is 6.17. The summed E-state index contributed by atoms with van der Waals surface area (Å²) < 4.78 is 28.4. The Labute approximate surface area is 268 Å². The summed E-state index contributed by atoms with van der Waals surface area (Å²) >= 11 is 0. The third-order valence-electron chi connectivity index (χ3n) is 9.37. The molecule has 0 spiro atoms. The lowest BCUT2D eigenvalue weighted by Crippen LogP contribution is -2.16. The number of hydrogen-bond acceptors (Lipinski definition) is 6. The third-order valence-corrected chi connectivity index (χ3v) is 9.37. The van der Waals surface area contributed by atoms with Gasteiger partial charge in [0.15, 0.2) is 0 Å². The van der Waals surface area contributed by atoms with Crippen LogP contribution in [0.5, 0.6) is 11.6 Å². The summed E-state index contributed by atoms with van der Waals surface area (Å²) in [5.74, 6) is 3.29. The van der Waals surface area contributed by atoms with Gasteiger partial charge in [0.25, 0.3) is 0 Å². The zero-order chi connectivity index (χ0) is 32.2. The molecule has 0 radical (unpaired) electrons. The average Bonchev–Trinajstić information content (AvgIpc) is 3.92. The van der Waals surface area contributed by atoms with E-state index in [0.29, 0.717) is 36.4 Å². The summed E-state index contributed by atoms with van der Waals surface area (Å²) in [5.41, 5.74) is 16.1. The third kappa shape index (κ3) is 7.00. The highest BCUT2D eigenvalue weighted by molar-refractivity contribution is 5.70. The summed E-state index contributed by atoms with van der Waals surface area (Å²) in [5, 5.41) is 4.95. The van der Waals surface area contributed by atoms with E-state index in [1.807, 2.05) is 16.6 Å². The van der Waals surface area contributed by atoms with Gasteiger partial charge in [0.2, 0.25) is 18.7 Å². The lowest BCUT2D eigenvalue weighted by Gasteiger charge is -2.25. The molecule has 4 aliphatic rings. The van der Waals surface area contributed by atoms with Crippen molar-refractivity contribution in [2.24, 2.45) is 17.4 Å². The van der Waals surface area contributed by atoms with Gasteiger partial charge in [0.1, 0.15) is 23.4 Å². The molecule has 1 aliphatic heterocycles. The number of fused-ring (bicyclic) bond motifs is 2. The first-order valence-corrected chi connectivity index (χ1v) is 16.4. The molecule has 0 saturated heterocycles. The summed E-state index contributed by atoms with van der Waals surface area (Å²) in [6, 6.07) is 15.8. The Kier molecular flexibility index (Phi) is 9.51. The van der Waals surface area contributed by atoms with Crippen molar-refractivity contribution in [3.63, 3.8) is 0 Å². The SMILES string of the molecule is CC1COc2c1cc(C(Cc1cc(OC3CC3)n3nc(C4CC4)cc3c1)C1CCCC1)nc2-c1ccc(F)cc1.NC=O.NC=O. The van der Waals surface area contributed by atoms with Gasteiger partial charge in [-0.1, -0.05) is 19.8 Å². The van der Waals surface area contributed by atoms with Crippen molar-refractivity contribution in [2.45, 2.75) is 88.6 Å². The summed E-state index contributed by atoms with van der Waals surface area (Å²) in [7, 11) is 0. The molecule has 2 atom stereocenters. The standard InChI is InChI=1S/C34H36FN3O2.2CH3NO/c1-20-19-39-34-28(20)18-31(36-33(34)24-8-10-25(35)11-9-24)29(22-4-2-3-5-22)15-21-14-26-17-30(23-6-7-23)37-38(26)32(16-21)40-27-12-13-27;2*2-1-3/h8-11,14,16-18,20,22-23,27,29H,2-7,12-13,15,19H2,1H3;2*1H,(H2,2,3). The maximum atomic E-state index is 13.8. The number of aromatic nitrogens is 3. The average molecular weight is 628 g/mol. The lowest BCUT2D eigenvalue weighted by atomic mass is 9.82. The maximum Gasteiger partial charge on any atom is 0.215 e. The fourth-order valence-corrected chi connectivity index (χ4v) is 6.79. The maximum absolute atomic E-state index is 13.8. The van der Waals surface area contributed by atoms with Crippen LogP contribution in [0.25, 0.3) is 16.8 Å². The molecule has 4 aromatic rings. The summed E-state index contributed by atoms with van der Waals surface area (Å²) in [6.07, 6.45) is 11.5. The first-order chi connectivity index (χ1) is 22.4. The van der Waals surface area contributed by atoms with E-state index < -0.39 is 0 Å². The van der Waals surface area contributed by atoms with E-state index in [1.165, 1.54) is 67.5 Å². The van der Waals surface area contributed by atoms with Crippen LogP contribution in [0.3, 0.4) is 0 Å². The highest BCUT2D eigenvalue weighted by Crippen LogP contribution is 2.46. The molecule has 3 fully saturated rings. The van der Waals surface area contributed by atoms with Crippen molar-refractivity contribution in [2.75, 3.05) is 6.61 Å². The van der Waals surface area contributed by atoms with E-state index in [-0.39, 0.29) is 18.6 Å². The monoisotopic (exact) mass is 627 g/mol. The number of rotatable bonds is 8. The van der Waals surface area contributed by atoms with Crippen LogP contribution < -0.4 is 20.9 Å². The number of pyridine rings is 2. The van der Waals surface area contributed by atoms with Crippen molar-refractivity contribution >= 4 is 18.3 Å². The van der Waals surface area contributed by atoms with E-state index >= 15 is 0 Å². The lowest BCUT2D eigenvalue weighted by molar-refractivity contribution is -0.107. The van der Waals surface area contributed by atoms with Gasteiger partial charge in [-0.05, 0) is 98.9 Å². The predicted molar refractivity (Wildman–Crippen MR) is 173 cm³/mol. The van der Waals surface area contributed by atoms with Gasteiger partial charge in [-0.25, -0.2) is 13.9 Å². The molecule has 2 amide bonds. The molecule has 2 unspecified atom stereocenters. The second-order valence-corrected chi connectivity index (χ2v) is 12.9. The van der Waals surface area contributed by atoms with E-state index in [2.05, 4.69) is 42.7 Å². The summed E-state index contributed by atoms with van der Waals surface area (Å²) in [4.78, 5) is 22.5. The molecule has 3 aliphatic carbocycles. The van der Waals surface area contributed by atoms with Gasteiger partial charge in [-0.15, -0.1) is 0 Å². The van der Waals surface area contributed by atoms with Crippen LogP contribution in [-0.4, -0.2) is 40.1 Å². The zero-order valence-corrected chi connectivity index (χ0v) is 26.2. The molecule has 1 aromatic carbocycles. The first kappa shape index (κ1) is 31.5. The van der Waals surface area contributed by atoms with Crippen LogP contribution in [0.1, 0.15) is 98.6 Å². The number of primary amides is 2. The molecule has 3 aromatic heterocycles. The van der Waals surface area contributed by atoms with Gasteiger partial charge in [0.05, 0.1) is 17.8 Å². The Morgan fingerprint density at radius 2 is 1.70 bits per heavy atom. The normalized spacial score (nSPS) is 19.2. The number of benzene rings is 1. The second-order valence-electron chi connectivity index (χ2n) is 12.9. The number of hydrogen-bond donors (Lipinski definition) is 2. The minimum absolute atomic E-state index is 0.237. The molecule has 46 heavy (non-hydrogen) atoms. The minimum Gasteiger partial charge on any atom is -0.490 e. The Hall–Kier alpha value is -4.47. The Morgan fingerprint density at radius 3 is 2.35 bits per heavy atom. The number of nitrogens with two attached hydrogens (primary N) is 2. The molecular formula is C36H42FN5O4. The van der Waals surface area contributed by atoms with Crippen LogP contribution in [0.2, 0.25) is 0 Å². The van der Waals surface area contributed by atoms with Crippen LogP contribution in [-0.2, 0) is 16.0 Å². The van der Waals surface area contributed by atoms with Crippen LogP contribution in [0.15, 0.2) is 48.5 Å². The van der Waals surface area contributed by atoms with Gasteiger partial charge >= 0.3 is 0 Å². The Balaban J connectivity index is 0.000000577. The first-order valence-electron chi connectivity index (χ1n) is 16.4. The molecule has 4 N–H and O–H groups in total. The highest BCUT2D eigenvalue weighted by Gasteiger charge is 2.33. The number of carbonyl (C=O) groups is 2. The number of carbonyl (C=O) groups excluding carboxylic acids is 2. The summed E-state index contributed by atoms with van der Waals surface area (Å²) in [6.45, 7) is 2.88. The van der Waals surface area contributed by atoms with Crippen molar-refractivity contribution in [3.8, 4) is 22.9 Å². The van der Waals surface area contributed by atoms with Gasteiger partial charge in [-0.2, -0.15) is 5.10 Å². The van der Waals surface area contributed by atoms with E-state index in [1.54, 1.807) is 0 Å².